The lowest BCUT2D eigenvalue weighted by molar-refractivity contribution is -0.182. The first-order valence-electron chi connectivity index (χ1n) is 14.4. The number of carbonyl (C=O) groups is 2. The number of anilines is 1. The predicted molar refractivity (Wildman–Crippen MR) is 157 cm³/mol. The molecule has 0 radical (unpaired) electrons. The fourth-order valence-corrected chi connectivity index (χ4v) is 6.02. The van der Waals surface area contributed by atoms with Gasteiger partial charge >= 0.3 is 6.18 Å². The summed E-state index contributed by atoms with van der Waals surface area (Å²) in [6, 6.07) is 4.17. The van der Waals surface area contributed by atoms with Gasteiger partial charge in [0.1, 0.15) is 17.5 Å². The van der Waals surface area contributed by atoms with Crippen molar-refractivity contribution in [1.82, 2.24) is 15.6 Å². The number of hydrogen-bond acceptors (Lipinski definition) is 7. The molecule has 1 unspecified atom stereocenters. The maximum Gasteiger partial charge on any atom is 0.391 e. The molecular weight excluding hydrogens is 648 g/mol. The molecule has 1 aromatic carbocycles. The average molecular weight is 678 g/mol. The second-order valence-electron chi connectivity index (χ2n) is 11.1. The second-order valence-corrected chi connectivity index (χ2v) is 11.8. The Hall–Kier alpha value is -3.23. The number of alkyl halides is 5. The zero-order chi connectivity index (χ0) is 32.3. The Bertz CT molecular complexity index is 1460. The van der Waals surface area contributed by atoms with Gasteiger partial charge in [-0.25, -0.2) is 13.8 Å². The number of amides is 2. The van der Waals surface area contributed by atoms with Gasteiger partial charge in [-0.05, 0) is 56.2 Å². The number of carbonyl (C=O) groups excluding carboxylic acids is 2. The average Bonchev–Trinajstić information content (AvgIpc) is 3.67. The number of aromatic nitrogens is 1. The van der Waals surface area contributed by atoms with E-state index in [9.17, 15) is 31.5 Å². The monoisotopic (exact) mass is 677 g/mol. The summed E-state index contributed by atoms with van der Waals surface area (Å²) < 4.78 is 75.7. The van der Waals surface area contributed by atoms with Crippen molar-refractivity contribution in [3.63, 3.8) is 0 Å². The van der Waals surface area contributed by atoms with Gasteiger partial charge < -0.3 is 25.4 Å². The number of aliphatic imine (C=N–C) groups is 1. The third kappa shape index (κ3) is 8.14. The number of nitrogens with zero attached hydrogens (tertiary/aromatic N) is 2. The lowest BCUT2D eigenvalue weighted by Gasteiger charge is -2.30. The molecule has 45 heavy (non-hydrogen) atoms. The number of amidine groups is 1. The summed E-state index contributed by atoms with van der Waals surface area (Å²) in [6.07, 6.45) is -6.05. The molecule has 3 aliphatic rings. The Kier molecular flexibility index (Phi) is 10.3. The first kappa shape index (κ1) is 33.1. The fraction of sp³-hybridized carbons (Fsp3) is 0.517. The molecule has 1 saturated carbocycles. The molecule has 16 heteroatoms. The Morgan fingerprint density at radius 3 is 2.53 bits per heavy atom. The van der Waals surface area contributed by atoms with E-state index in [1.54, 1.807) is 12.1 Å². The van der Waals surface area contributed by atoms with Gasteiger partial charge in [0, 0.05) is 31.2 Å². The van der Waals surface area contributed by atoms with Crippen molar-refractivity contribution in [3.05, 3.63) is 44.9 Å². The Morgan fingerprint density at radius 1 is 1.11 bits per heavy atom. The molecule has 9 nitrogen and oxygen atoms in total. The minimum Gasteiger partial charge on any atom is -0.471 e. The topological polar surface area (TPSA) is 114 Å². The SMILES string of the molecule is O=C(NC1CCC(C(F)(F)F)CC1)c1cc2c(nc1OCC(F)F)N=C(Nc1c(Cl)ccc(CNC(=O)C3CCCO3)c1Cl)C2. The lowest BCUT2D eigenvalue weighted by atomic mass is 9.85. The molecule has 1 aromatic heterocycles. The van der Waals surface area contributed by atoms with Crippen molar-refractivity contribution >= 4 is 52.4 Å². The van der Waals surface area contributed by atoms with Gasteiger partial charge in [0.05, 0.1) is 21.7 Å². The highest BCUT2D eigenvalue weighted by Gasteiger charge is 2.41. The molecule has 244 valence electrons. The van der Waals surface area contributed by atoms with E-state index in [4.69, 9.17) is 32.7 Å². The van der Waals surface area contributed by atoms with Crippen molar-refractivity contribution in [3.8, 4) is 5.88 Å². The molecule has 2 aliphatic heterocycles. The van der Waals surface area contributed by atoms with E-state index < -0.39 is 43.2 Å². The van der Waals surface area contributed by atoms with E-state index in [-0.39, 0.29) is 71.9 Å². The van der Waals surface area contributed by atoms with Crippen LogP contribution in [-0.2, 0) is 22.5 Å². The highest BCUT2D eigenvalue weighted by atomic mass is 35.5. The van der Waals surface area contributed by atoms with E-state index in [1.165, 1.54) is 6.07 Å². The second kappa shape index (κ2) is 14.0. The van der Waals surface area contributed by atoms with E-state index in [0.717, 1.165) is 6.42 Å². The van der Waals surface area contributed by atoms with Crippen LogP contribution in [0.4, 0.5) is 33.5 Å². The molecule has 2 amide bonds. The molecule has 2 aromatic rings. The summed E-state index contributed by atoms with van der Waals surface area (Å²) in [7, 11) is 0. The summed E-state index contributed by atoms with van der Waals surface area (Å²) in [5, 5.41) is 9.07. The summed E-state index contributed by atoms with van der Waals surface area (Å²) in [5.41, 5.74) is 1.23. The largest absolute Gasteiger partial charge is 0.471 e. The molecule has 1 saturated heterocycles. The maximum absolute atomic E-state index is 13.2. The van der Waals surface area contributed by atoms with Crippen molar-refractivity contribution in [2.24, 2.45) is 10.9 Å². The van der Waals surface area contributed by atoms with Crippen molar-refractivity contribution in [2.45, 2.75) is 76.2 Å². The van der Waals surface area contributed by atoms with Crippen LogP contribution in [0.1, 0.15) is 60.0 Å². The van der Waals surface area contributed by atoms with Crippen LogP contribution in [0.2, 0.25) is 10.0 Å². The lowest BCUT2D eigenvalue weighted by Crippen LogP contribution is -2.40. The number of pyridine rings is 1. The van der Waals surface area contributed by atoms with Crippen molar-refractivity contribution < 1.29 is 41.0 Å². The van der Waals surface area contributed by atoms with E-state index in [2.05, 4.69) is 25.9 Å². The number of ether oxygens (including phenoxy) is 2. The van der Waals surface area contributed by atoms with Crippen LogP contribution in [0.5, 0.6) is 5.88 Å². The Balaban J connectivity index is 1.29. The first-order chi connectivity index (χ1) is 21.4. The van der Waals surface area contributed by atoms with Gasteiger partial charge in [-0.2, -0.15) is 18.2 Å². The van der Waals surface area contributed by atoms with Gasteiger partial charge in [0.15, 0.2) is 12.4 Å². The van der Waals surface area contributed by atoms with Crippen LogP contribution >= 0.6 is 23.2 Å². The van der Waals surface area contributed by atoms with Gasteiger partial charge in [-0.3, -0.25) is 9.59 Å². The zero-order valence-electron chi connectivity index (χ0n) is 23.8. The number of rotatable bonds is 9. The first-order valence-corrected chi connectivity index (χ1v) is 15.2. The van der Waals surface area contributed by atoms with Gasteiger partial charge in [0.2, 0.25) is 11.8 Å². The van der Waals surface area contributed by atoms with Crippen LogP contribution < -0.4 is 20.7 Å². The molecule has 1 atom stereocenters. The summed E-state index contributed by atoms with van der Waals surface area (Å²) in [6.45, 7) is -0.372. The van der Waals surface area contributed by atoms with Gasteiger partial charge in [0.25, 0.3) is 12.3 Å². The quantitative estimate of drug-likeness (QED) is 0.266. The third-order valence-electron chi connectivity index (χ3n) is 7.87. The normalized spacial score (nSPS) is 21.3. The Morgan fingerprint density at radius 2 is 1.87 bits per heavy atom. The predicted octanol–water partition coefficient (Wildman–Crippen LogP) is 6.38. The number of halogens is 7. The highest BCUT2D eigenvalue weighted by molar-refractivity contribution is 6.40. The molecule has 3 N–H and O–H groups in total. The number of benzene rings is 1. The fourth-order valence-electron chi connectivity index (χ4n) is 5.49. The van der Waals surface area contributed by atoms with Gasteiger partial charge in [-0.15, -0.1) is 0 Å². The van der Waals surface area contributed by atoms with Gasteiger partial charge in [-0.1, -0.05) is 29.3 Å². The van der Waals surface area contributed by atoms with E-state index in [0.29, 0.717) is 35.7 Å². The molecule has 0 spiro atoms. The van der Waals surface area contributed by atoms with Crippen LogP contribution in [0, 0.1) is 5.92 Å². The van der Waals surface area contributed by atoms with Crippen LogP contribution in [0.3, 0.4) is 0 Å². The Labute approximate surface area is 265 Å². The minimum absolute atomic E-state index is 0.122. The molecular formula is C29H30Cl2F5N5O4. The molecule has 2 fully saturated rings. The number of hydrogen-bond donors (Lipinski definition) is 3. The van der Waals surface area contributed by atoms with Crippen molar-refractivity contribution in [2.75, 3.05) is 18.5 Å². The third-order valence-corrected chi connectivity index (χ3v) is 8.62. The van der Waals surface area contributed by atoms with E-state index >= 15 is 0 Å². The molecule has 3 heterocycles. The molecule has 5 rings (SSSR count). The smallest absolute Gasteiger partial charge is 0.391 e. The number of fused-ring (bicyclic) bond motifs is 1. The standard InChI is InChI=1S/C29H30Cl2F5N5O4/c30-19-8-3-14(12-37-27(43)20-2-1-9-44-20)23(31)24(19)39-22-11-15-10-18(28(41-25(15)40-22)45-13-21(32)33)26(42)38-17-6-4-16(5-7-17)29(34,35)36/h3,8,10,16-17,20-21H,1-2,4-7,9,11-13H2,(H,37,43)(H,38,42)(H,39,40,41). The zero-order valence-corrected chi connectivity index (χ0v) is 25.3. The molecule has 1 aliphatic carbocycles. The summed E-state index contributed by atoms with van der Waals surface area (Å²) in [4.78, 5) is 34.2. The van der Waals surface area contributed by atoms with E-state index in [1.807, 2.05) is 0 Å². The van der Waals surface area contributed by atoms with Crippen molar-refractivity contribution in [1.29, 1.82) is 0 Å². The van der Waals surface area contributed by atoms with Crippen LogP contribution in [0.25, 0.3) is 0 Å². The summed E-state index contributed by atoms with van der Waals surface area (Å²) in [5.74, 6) is -2.28. The maximum atomic E-state index is 13.2. The minimum atomic E-state index is -4.29. The van der Waals surface area contributed by atoms with Crippen LogP contribution in [0.15, 0.2) is 23.2 Å². The molecule has 0 bridgehead atoms. The van der Waals surface area contributed by atoms with Crippen LogP contribution in [-0.4, -0.2) is 60.6 Å². The highest BCUT2D eigenvalue weighted by Crippen LogP contribution is 2.39. The number of nitrogens with one attached hydrogen (secondary N) is 3. The summed E-state index contributed by atoms with van der Waals surface area (Å²) >= 11 is 13.0.